The second-order valence-electron chi connectivity index (χ2n) is 4.51. The predicted molar refractivity (Wildman–Crippen MR) is 77.7 cm³/mol. The minimum atomic E-state index is 0.576. The maximum absolute atomic E-state index is 4.08. The number of tetrazole rings is 1. The van der Waals surface area contributed by atoms with Gasteiger partial charge in [-0.25, -0.2) is 0 Å². The van der Waals surface area contributed by atoms with E-state index in [0.717, 1.165) is 17.2 Å². The van der Waals surface area contributed by atoms with Gasteiger partial charge in [-0.15, -0.1) is 5.10 Å². The van der Waals surface area contributed by atoms with E-state index in [9.17, 15) is 0 Å². The van der Waals surface area contributed by atoms with E-state index in [1.165, 1.54) is 5.56 Å². The zero-order valence-electron chi connectivity index (χ0n) is 11.2. The molecule has 1 heterocycles. The molecule has 0 radical (unpaired) electrons. The number of aryl methyl sites for hydroxylation is 1. The van der Waals surface area contributed by atoms with Crippen molar-refractivity contribution >= 4 is 5.69 Å². The lowest BCUT2D eigenvalue weighted by atomic mass is 10.2. The highest BCUT2D eigenvalue weighted by atomic mass is 15.5. The fraction of sp³-hybridized carbons (Fsp3) is 0.133. The van der Waals surface area contributed by atoms with Gasteiger partial charge < -0.3 is 5.32 Å². The van der Waals surface area contributed by atoms with Crippen molar-refractivity contribution in [2.75, 3.05) is 5.32 Å². The summed E-state index contributed by atoms with van der Waals surface area (Å²) < 4.78 is 1.74. The van der Waals surface area contributed by atoms with Gasteiger partial charge in [0.25, 0.3) is 0 Å². The van der Waals surface area contributed by atoms with Gasteiger partial charge in [-0.1, -0.05) is 36.4 Å². The number of hydrogen-bond acceptors (Lipinski definition) is 4. The first-order valence-electron chi connectivity index (χ1n) is 6.47. The third kappa shape index (κ3) is 2.51. The van der Waals surface area contributed by atoms with Gasteiger partial charge in [0.1, 0.15) is 0 Å². The standard InChI is InChI=1S/C15H15N5/c1-12-7-5-6-10-14(12)16-11-15-17-18-19-20(15)13-8-3-2-4-9-13/h2-10,16H,11H2,1H3. The number of aromatic nitrogens is 4. The highest BCUT2D eigenvalue weighted by Crippen LogP contribution is 2.14. The van der Waals surface area contributed by atoms with Crippen molar-refractivity contribution in [3.8, 4) is 5.69 Å². The maximum Gasteiger partial charge on any atom is 0.175 e. The van der Waals surface area contributed by atoms with Crippen LogP contribution in [-0.2, 0) is 6.54 Å². The zero-order valence-corrected chi connectivity index (χ0v) is 11.2. The lowest BCUT2D eigenvalue weighted by molar-refractivity contribution is 0.768. The monoisotopic (exact) mass is 265 g/mol. The Morgan fingerprint density at radius 2 is 1.75 bits per heavy atom. The van der Waals surface area contributed by atoms with Crippen LogP contribution in [0.5, 0.6) is 0 Å². The van der Waals surface area contributed by atoms with Gasteiger partial charge in [-0.2, -0.15) is 4.68 Å². The number of benzene rings is 2. The van der Waals surface area contributed by atoms with Crippen LogP contribution in [0.4, 0.5) is 5.69 Å². The minimum Gasteiger partial charge on any atom is -0.377 e. The molecule has 2 aromatic carbocycles. The molecule has 1 N–H and O–H groups in total. The molecule has 0 amide bonds. The van der Waals surface area contributed by atoms with Crippen LogP contribution in [0.25, 0.3) is 5.69 Å². The lowest BCUT2D eigenvalue weighted by Gasteiger charge is -2.09. The summed E-state index contributed by atoms with van der Waals surface area (Å²) in [6.45, 7) is 2.65. The number of para-hydroxylation sites is 2. The lowest BCUT2D eigenvalue weighted by Crippen LogP contribution is -2.09. The van der Waals surface area contributed by atoms with Crippen molar-refractivity contribution < 1.29 is 0 Å². The molecule has 20 heavy (non-hydrogen) atoms. The Kier molecular flexibility index (Phi) is 3.41. The smallest absolute Gasteiger partial charge is 0.175 e. The molecule has 0 fully saturated rings. The Balaban J connectivity index is 1.80. The van der Waals surface area contributed by atoms with Gasteiger partial charge in [0.15, 0.2) is 5.82 Å². The first-order valence-corrected chi connectivity index (χ1v) is 6.47. The summed E-state index contributed by atoms with van der Waals surface area (Å²) in [6, 6.07) is 18.0. The molecule has 100 valence electrons. The molecule has 3 rings (SSSR count). The number of hydrogen-bond donors (Lipinski definition) is 1. The van der Waals surface area contributed by atoms with Crippen LogP contribution in [0.2, 0.25) is 0 Å². The van der Waals surface area contributed by atoms with E-state index >= 15 is 0 Å². The summed E-state index contributed by atoms with van der Waals surface area (Å²) in [6.07, 6.45) is 0. The average molecular weight is 265 g/mol. The summed E-state index contributed by atoms with van der Waals surface area (Å²) in [7, 11) is 0. The molecule has 3 aromatic rings. The van der Waals surface area contributed by atoms with E-state index in [1.807, 2.05) is 48.5 Å². The maximum atomic E-state index is 4.08. The van der Waals surface area contributed by atoms with Crippen molar-refractivity contribution in [1.29, 1.82) is 0 Å². The molecule has 0 bridgehead atoms. The van der Waals surface area contributed by atoms with Gasteiger partial charge in [0, 0.05) is 5.69 Å². The molecule has 0 aliphatic rings. The molecular formula is C15H15N5. The highest BCUT2D eigenvalue weighted by molar-refractivity contribution is 5.50. The van der Waals surface area contributed by atoms with Gasteiger partial charge in [-0.05, 0) is 41.1 Å². The number of nitrogens with one attached hydrogen (secondary N) is 1. The van der Waals surface area contributed by atoms with E-state index in [0.29, 0.717) is 6.54 Å². The molecule has 0 saturated carbocycles. The van der Waals surface area contributed by atoms with E-state index in [4.69, 9.17) is 0 Å². The number of nitrogens with zero attached hydrogens (tertiary/aromatic N) is 4. The summed E-state index contributed by atoms with van der Waals surface area (Å²) >= 11 is 0. The summed E-state index contributed by atoms with van der Waals surface area (Å²) in [5.41, 5.74) is 3.25. The first kappa shape index (κ1) is 12.3. The Labute approximate surface area is 117 Å². The van der Waals surface area contributed by atoms with E-state index in [1.54, 1.807) is 4.68 Å². The fourth-order valence-corrected chi connectivity index (χ4v) is 2.03. The Morgan fingerprint density at radius 1 is 1.00 bits per heavy atom. The minimum absolute atomic E-state index is 0.576. The van der Waals surface area contributed by atoms with E-state index < -0.39 is 0 Å². The molecule has 0 atom stereocenters. The number of anilines is 1. The normalized spacial score (nSPS) is 10.4. The summed E-state index contributed by atoms with van der Waals surface area (Å²) in [5, 5.41) is 15.2. The SMILES string of the molecule is Cc1ccccc1NCc1nnnn1-c1ccccc1. The van der Waals surface area contributed by atoms with Gasteiger partial charge in [0.2, 0.25) is 0 Å². The van der Waals surface area contributed by atoms with Crippen LogP contribution in [0, 0.1) is 6.92 Å². The summed E-state index contributed by atoms with van der Waals surface area (Å²) in [4.78, 5) is 0. The van der Waals surface area contributed by atoms with E-state index in [-0.39, 0.29) is 0 Å². The van der Waals surface area contributed by atoms with Gasteiger partial charge in [-0.3, -0.25) is 0 Å². The van der Waals surface area contributed by atoms with Crippen molar-refractivity contribution in [3.05, 3.63) is 66.0 Å². The number of rotatable bonds is 4. The van der Waals surface area contributed by atoms with Crippen molar-refractivity contribution in [3.63, 3.8) is 0 Å². The zero-order chi connectivity index (χ0) is 13.8. The van der Waals surface area contributed by atoms with Crippen LogP contribution in [0.3, 0.4) is 0 Å². The third-order valence-electron chi connectivity index (χ3n) is 3.12. The second-order valence-corrected chi connectivity index (χ2v) is 4.51. The van der Waals surface area contributed by atoms with Crippen molar-refractivity contribution in [2.24, 2.45) is 0 Å². The molecule has 0 aliphatic carbocycles. The average Bonchev–Trinajstić information content (AvgIpc) is 2.96. The third-order valence-corrected chi connectivity index (χ3v) is 3.12. The largest absolute Gasteiger partial charge is 0.377 e. The predicted octanol–water partition coefficient (Wildman–Crippen LogP) is 2.58. The molecule has 1 aromatic heterocycles. The molecule has 0 aliphatic heterocycles. The van der Waals surface area contributed by atoms with E-state index in [2.05, 4.69) is 33.8 Å². The fourth-order valence-electron chi connectivity index (χ4n) is 2.03. The topological polar surface area (TPSA) is 55.6 Å². The molecular weight excluding hydrogens is 250 g/mol. The Bertz CT molecular complexity index is 690. The van der Waals surface area contributed by atoms with Crippen LogP contribution in [-0.4, -0.2) is 20.2 Å². The highest BCUT2D eigenvalue weighted by Gasteiger charge is 2.07. The van der Waals surface area contributed by atoms with Crippen LogP contribution in [0.1, 0.15) is 11.4 Å². The molecule has 5 nitrogen and oxygen atoms in total. The quantitative estimate of drug-likeness (QED) is 0.787. The van der Waals surface area contributed by atoms with Crippen LogP contribution >= 0.6 is 0 Å². The van der Waals surface area contributed by atoms with Gasteiger partial charge >= 0.3 is 0 Å². The van der Waals surface area contributed by atoms with Crippen LogP contribution < -0.4 is 5.32 Å². The first-order chi connectivity index (χ1) is 9.84. The summed E-state index contributed by atoms with van der Waals surface area (Å²) in [5.74, 6) is 0.777. The molecule has 0 spiro atoms. The molecule has 0 unspecified atom stereocenters. The molecule has 5 heteroatoms. The Morgan fingerprint density at radius 3 is 2.55 bits per heavy atom. The van der Waals surface area contributed by atoms with Gasteiger partial charge in [0.05, 0.1) is 12.2 Å². The van der Waals surface area contributed by atoms with Crippen molar-refractivity contribution in [1.82, 2.24) is 20.2 Å². The second kappa shape index (κ2) is 5.52. The van der Waals surface area contributed by atoms with Crippen molar-refractivity contribution in [2.45, 2.75) is 13.5 Å². The van der Waals surface area contributed by atoms with Crippen LogP contribution in [0.15, 0.2) is 54.6 Å². The Hall–Kier alpha value is -2.69. The molecule has 0 saturated heterocycles.